The Labute approximate surface area is 163 Å². The van der Waals surface area contributed by atoms with Crippen molar-refractivity contribution >= 4 is 35.2 Å². The molecule has 26 heavy (non-hydrogen) atoms. The molecule has 0 bridgehead atoms. The number of hydrogen-bond acceptors (Lipinski definition) is 5. The molecule has 1 fully saturated rings. The Hall–Kier alpha value is -1.82. The molecule has 1 aromatic carbocycles. The van der Waals surface area contributed by atoms with Crippen molar-refractivity contribution in [1.82, 2.24) is 15.3 Å². The Kier molecular flexibility index (Phi) is 5.29. The van der Waals surface area contributed by atoms with Gasteiger partial charge in [-0.05, 0) is 42.7 Å². The zero-order chi connectivity index (χ0) is 17.9. The lowest BCUT2D eigenvalue weighted by atomic mass is 10.0. The number of hydrogen-bond donors (Lipinski definition) is 1. The number of rotatable bonds is 4. The molecule has 0 saturated carbocycles. The number of benzene rings is 1. The van der Waals surface area contributed by atoms with Crippen LogP contribution in [-0.2, 0) is 0 Å². The fraction of sp³-hybridized carbons (Fsp3) is 0.368. The van der Waals surface area contributed by atoms with Crippen LogP contribution in [0.5, 0.6) is 5.75 Å². The van der Waals surface area contributed by atoms with Crippen molar-refractivity contribution in [2.24, 2.45) is 0 Å². The molecule has 2 aliphatic rings. The maximum atomic E-state index is 6.20. The lowest BCUT2D eigenvalue weighted by Crippen LogP contribution is -2.47. The van der Waals surface area contributed by atoms with Crippen molar-refractivity contribution in [2.75, 3.05) is 31.1 Å². The first-order valence-electron chi connectivity index (χ1n) is 8.75. The summed E-state index contributed by atoms with van der Waals surface area (Å²) in [5.41, 5.74) is 2.12. The second-order valence-electron chi connectivity index (χ2n) is 6.61. The van der Waals surface area contributed by atoms with E-state index in [0.717, 1.165) is 44.0 Å². The molecule has 1 atom stereocenters. The van der Waals surface area contributed by atoms with E-state index in [4.69, 9.17) is 27.9 Å². The summed E-state index contributed by atoms with van der Waals surface area (Å²) in [7, 11) is 0. The monoisotopic (exact) mass is 390 g/mol. The fourth-order valence-electron chi connectivity index (χ4n) is 3.42. The number of piperidine rings is 1. The molecule has 4 rings (SSSR count). The molecule has 1 saturated heterocycles. The van der Waals surface area contributed by atoms with Gasteiger partial charge >= 0.3 is 0 Å². The number of nitrogens with zero attached hydrogens (tertiary/aromatic N) is 3. The summed E-state index contributed by atoms with van der Waals surface area (Å²) >= 11 is 12.3. The number of ether oxygens (including phenoxy) is 1. The summed E-state index contributed by atoms with van der Waals surface area (Å²) in [6.45, 7) is 3.22. The topological polar surface area (TPSA) is 50.3 Å². The van der Waals surface area contributed by atoms with E-state index >= 15 is 0 Å². The predicted octanol–water partition coefficient (Wildman–Crippen LogP) is 3.82. The number of fused-ring (bicyclic) bond motifs is 1. The molecular weight excluding hydrogens is 371 g/mol. The summed E-state index contributed by atoms with van der Waals surface area (Å²) in [5, 5.41) is 4.82. The van der Waals surface area contributed by atoms with Gasteiger partial charge in [-0.1, -0.05) is 23.2 Å². The SMILES string of the molecule is Clc1cc(Cl)c2c(c1)C=C(CNC1CCCN(c3ncccn3)C1)CO2. The molecule has 0 spiro atoms. The highest BCUT2D eigenvalue weighted by Gasteiger charge is 2.22. The molecule has 0 aliphatic carbocycles. The normalized spacial score (nSPS) is 19.5. The van der Waals surface area contributed by atoms with Crippen LogP contribution in [0.15, 0.2) is 36.2 Å². The van der Waals surface area contributed by atoms with Crippen LogP contribution in [0.1, 0.15) is 18.4 Å². The van der Waals surface area contributed by atoms with E-state index in [2.05, 4.69) is 26.3 Å². The van der Waals surface area contributed by atoms with Crippen molar-refractivity contribution in [3.63, 3.8) is 0 Å². The van der Waals surface area contributed by atoms with Crippen molar-refractivity contribution < 1.29 is 4.74 Å². The molecule has 5 nitrogen and oxygen atoms in total. The Morgan fingerprint density at radius 2 is 2.08 bits per heavy atom. The summed E-state index contributed by atoms with van der Waals surface area (Å²) in [5.74, 6) is 1.52. The molecule has 2 aliphatic heterocycles. The second kappa shape index (κ2) is 7.82. The van der Waals surface area contributed by atoms with Crippen molar-refractivity contribution in [3.05, 3.63) is 51.8 Å². The molecule has 7 heteroatoms. The van der Waals surface area contributed by atoms with Gasteiger partial charge in [0.15, 0.2) is 0 Å². The average molecular weight is 391 g/mol. The summed E-state index contributed by atoms with van der Waals surface area (Å²) in [6.07, 6.45) is 7.96. The van der Waals surface area contributed by atoms with Crippen LogP contribution in [0.4, 0.5) is 5.95 Å². The third kappa shape index (κ3) is 3.95. The maximum absolute atomic E-state index is 6.20. The highest BCUT2D eigenvalue weighted by Crippen LogP contribution is 2.36. The number of nitrogens with one attached hydrogen (secondary N) is 1. The van der Waals surface area contributed by atoms with Gasteiger partial charge in [0.05, 0.1) is 5.02 Å². The van der Waals surface area contributed by atoms with E-state index in [1.807, 2.05) is 12.1 Å². The van der Waals surface area contributed by atoms with Gasteiger partial charge < -0.3 is 15.0 Å². The van der Waals surface area contributed by atoms with Gasteiger partial charge in [-0.25, -0.2) is 9.97 Å². The van der Waals surface area contributed by atoms with Gasteiger partial charge in [-0.15, -0.1) is 0 Å². The minimum absolute atomic E-state index is 0.401. The van der Waals surface area contributed by atoms with E-state index in [1.165, 1.54) is 5.57 Å². The van der Waals surface area contributed by atoms with Crippen LogP contribution < -0.4 is 15.0 Å². The highest BCUT2D eigenvalue weighted by molar-refractivity contribution is 6.36. The molecule has 2 aromatic rings. The summed E-state index contributed by atoms with van der Waals surface area (Å²) in [4.78, 5) is 11.0. The van der Waals surface area contributed by atoms with Gasteiger partial charge in [0, 0.05) is 48.7 Å². The predicted molar refractivity (Wildman–Crippen MR) is 105 cm³/mol. The Balaban J connectivity index is 1.39. The van der Waals surface area contributed by atoms with Crippen LogP contribution in [-0.4, -0.2) is 42.3 Å². The lowest BCUT2D eigenvalue weighted by Gasteiger charge is -2.33. The molecule has 3 heterocycles. The Morgan fingerprint density at radius 1 is 1.23 bits per heavy atom. The standard InChI is InChI=1S/C19H20Cl2N4O/c20-15-8-14-7-13(12-26-18(14)17(21)9-15)10-24-16-3-1-6-25(11-16)19-22-4-2-5-23-19/h2,4-5,7-9,16,24H,1,3,6,10-12H2. The van der Waals surface area contributed by atoms with Crippen molar-refractivity contribution in [3.8, 4) is 5.75 Å². The minimum Gasteiger partial charge on any atom is -0.487 e. The van der Waals surface area contributed by atoms with Crippen molar-refractivity contribution in [1.29, 1.82) is 0 Å². The molecule has 0 amide bonds. The van der Waals surface area contributed by atoms with E-state index in [-0.39, 0.29) is 0 Å². The number of anilines is 1. The van der Waals surface area contributed by atoms with E-state index < -0.39 is 0 Å². The first kappa shape index (κ1) is 17.6. The molecule has 0 radical (unpaired) electrons. The number of halogens is 2. The fourth-order valence-corrected chi connectivity index (χ4v) is 3.99. The van der Waals surface area contributed by atoms with E-state index in [0.29, 0.717) is 28.4 Å². The lowest BCUT2D eigenvalue weighted by molar-refractivity contribution is 0.338. The van der Waals surface area contributed by atoms with Crippen LogP contribution in [0.25, 0.3) is 6.08 Å². The van der Waals surface area contributed by atoms with E-state index in [9.17, 15) is 0 Å². The Bertz CT molecular complexity index is 813. The molecule has 1 N–H and O–H groups in total. The Morgan fingerprint density at radius 3 is 2.92 bits per heavy atom. The summed E-state index contributed by atoms with van der Waals surface area (Å²) in [6, 6.07) is 5.84. The average Bonchev–Trinajstić information content (AvgIpc) is 2.67. The molecule has 1 aromatic heterocycles. The smallest absolute Gasteiger partial charge is 0.225 e. The van der Waals surface area contributed by atoms with Crippen LogP contribution >= 0.6 is 23.2 Å². The maximum Gasteiger partial charge on any atom is 0.225 e. The molecular formula is C19H20Cl2N4O. The van der Waals surface area contributed by atoms with Crippen molar-refractivity contribution in [2.45, 2.75) is 18.9 Å². The quantitative estimate of drug-likeness (QED) is 0.859. The summed E-state index contributed by atoms with van der Waals surface area (Å²) < 4.78 is 5.82. The molecule has 1 unspecified atom stereocenters. The van der Waals surface area contributed by atoms with Gasteiger partial charge in [-0.3, -0.25) is 0 Å². The van der Waals surface area contributed by atoms with Gasteiger partial charge in [0.25, 0.3) is 0 Å². The van der Waals surface area contributed by atoms with Gasteiger partial charge in [-0.2, -0.15) is 0 Å². The van der Waals surface area contributed by atoms with E-state index in [1.54, 1.807) is 18.5 Å². The second-order valence-corrected chi connectivity index (χ2v) is 7.46. The third-order valence-corrected chi connectivity index (χ3v) is 5.17. The van der Waals surface area contributed by atoms with Crippen LogP contribution in [0, 0.1) is 0 Å². The minimum atomic E-state index is 0.401. The van der Waals surface area contributed by atoms with Crippen LogP contribution in [0.2, 0.25) is 10.0 Å². The zero-order valence-electron chi connectivity index (χ0n) is 14.3. The largest absolute Gasteiger partial charge is 0.487 e. The number of aromatic nitrogens is 2. The van der Waals surface area contributed by atoms with Crippen LogP contribution in [0.3, 0.4) is 0 Å². The molecule has 136 valence electrons. The van der Waals surface area contributed by atoms with Gasteiger partial charge in [0.1, 0.15) is 12.4 Å². The zero-order valence-corrected chi connectivity index (χ0v) is 15.8. The first-order chi connectivity index (χ1) is 12.7. The third-order valence-electron chi connectivity index (χ3n) is 4.67. The highest BCUT2D eigenvalue weighted by atomic mass is 35.5. The van der Waals surface area contributed by atoms with Gasteiger partial charge in [0.2, 0.25) is 5.95 Å². The first-order valence-corrected chi connectivity index (χ1v) is 9.51.